The van der Waals surface area contributed by atoms with Crippen LogP contribution >= 0.6 is 11.6 Å². The molecule has 2 heterocycles. The van der Waals surface area contributed by atoms with Gasteiger partial charge in [0.1, 0.15) is 24.1 Å². The molecule has 2 amide bonds. The number of aromatic nitrogens is 2. The van der Waals surface area contributed by atoms with Gasteiger partial charge in [-0.25, -0.2) is 4.98 Å². The van der Waals surface area contributed by atoms with E-state index in [9.17, 15) is 9.59 Å². The lowest BCUT2D eigenvalue weighted by Crippen LogP contribution is -2.35. The van der Waals surface area contributed by atoms with Crippen LogP contribution in [0.4, 0.5) is 0 Å². The molecule has 1 atom stereocenters. The Bertz CT molecular complexity index is 1360. The second-order valence-corrected chi connectivity index (χ2v) is 8.32. The van der Waals surface area contributed by atoms with Gasteiger partial charge in [0, 0.05) is 12.4 Å². The predicted molar refractivity (Wildman–Crippen MR) is 128 cm³/mol. The molecule has 3 aromatic carbocycles. The minimum Gasteiger partial charge on any atom is -0.489 e. The number of carbonyl (C=O) groups excluding carboxylic acids is 2. The topological polar surface area (TPSA) is 72.4 Å². The number of benzene rings is 3. The van der Waals surface area contributed by atoms with Gasteiger partial charge in [0.25, 0.3) is 11.8 Å². The van der Waals surface area contributed by atoms with Gasteiger partial charge in [0.2, 0.25) is 0 Å². The monoisotopic (exact) mass is 469 g/mol. The van der Waals surface area contributed by atoms with Crippen LogP contribution in [0.2, 0.25) is 5.15 Å². The summed E-state index contributed by atoms with van der Waals surface area (Å²) >= 11 is 6.41. The second kappa shape index (κ2) is 9.08. The van der Waals surface area contributed by atoms with Crippen molar-refractivity contribution in [1.82, 2.24) is 14.9 Å². The molecule has 4 aromatic rings. The number of halogens is 1. The van der Waals surface area contributed by atoms with Crippen molar-refractivity contribution in [1.29, 1.82) is 0 Å². The summed E-state index contributed by atoms with van der Waals surface area (Å²) in [7, 11) is 0. The third kappa shape index (κ3) is 3.93. The Morgan fingerprint density at radius 2 is 1.53 bits per heavy atom. The first-order chi connectivity index (χ1) is 16.5. The number of hydrogen-bond donors (Lipinski definition) is 0. The van der Waals surface area contributed by atoms with Crippen molar-refractivity contribution in [3.05, 3.63) is 124 Å². The van der Waals surface area contributed by atoms with Gasteiger partial charge in [-0.05, 0) is 41.8 Å². The highest BCUT2D eigenvalue weighted by atomic mass is 35.5. The normalized spacial score (nSPS) is 13.6. The summed E-state index contributed by atoms with van der Waals surface area (Å²) in [6.45, 7) is 2.32. The van der Waals surface area contributed by atoms with Gasteiger partial charge in [0.05, 0.1) is 11.1 Å². The van der Waals surface area contributed by atoms with Crippen molar-refractivity contribution in [3.63, 3.8) is 0 Å². The van der Waals surface area contributed by atoms with Gasteiger partial charge in [-0.2, -0.15) is 0 Å². The summed E-state index contributed by atoms with van der Waals surface area (Å²) in [6.07, 6.45) is 2.96. The highest BCUT2D eigenvalue weighted by molar-refractivity contribution is 6.30. The van der Waals surface area contributed by atoms with E-state index in [1.54, 1.807) is 24.3 Å². The Kier molecular flexibility index (Phi) is 5.82. The molecule has 0 aliphatic carbocycles. The summed E-state index contributed by atoms with van der Waals surface area (Å²) in [6, 6.07) is 21.3. The van der Waals surface area contributed by atoms with E-state index < -0.39 is 17.9 Å². The number of carbonyl (C=O) groups is 2. The van der Waals surface area contributed by atoms with E-state index in [-0.39, 0.29) is 5.15 Å². The predicted octanol–water partition coefficient (Wildman–Crippen LogP) is 5.40. The van der Waals surface area contributed by atoms with E-state index in [0.29, 0.717) is 34.7 Å². The standard InChI is InChI=1S/C27H20ClN3O3/c1-17-11-12-19(15-22(17)34-16-18-7-3-2-4-8-18)24(23-25(28)30-14-13-29-23)31-26(32)20-9-5-6-10-21(20)27(31)33/h2-15,24H,16H2,1H3. The maximum atomic E-state index is 13.4. The SMILES string of the molecule is Cc1ccc(C(c2nccnc2Cl)N2C(=O)c3ccccc3C2=O)cc1OCc1ccccc1. The molecular formula is C27H20ClN3O3. The first-order valence-corrected chi connectivity index (χ1v) is 11.1. The minimum atomic E-state index is -0.867. The smallest absolute Gasteiger partial charge is 0.262 e. The zero-order valence-corrected chi connectivity index (χ0v) is 19.1. The highest BCUT2D eigenvalue weighted by Gasteiger charge is 2.42. The molecule has 6 nitrogen and oxygen atoms in total. The molecule has 0 radical (unpaired) electrons. The first kappa shape index (κ1) is 21.8. The molecule has 5 rings (SSSR count). The number of nitrogens with zero attached hydrogens (tertiary/aromatic N) is 3. The Balaban J connectivity index is 1.58. The van der Waals surface area contributed by atoms with Crippen molar-refractivity contribution in [2.24, 2.45) is 0 Å². The summed E-state index contributed by atoms with van der Waals surface area (Å²) < 4.78 is 6.10. The van der Waals surface area contributed by atoms with E-state index in [1.807, 2.05) is 55.5 Å². The Labute approximate surface area is 201 Å². The molecule has 1 aliphatic rings. The fourth-order valence-corrected chi connectivity index (χ4v) is 4.27. The summed E-state index contributed by atoms with van der Waals surface area (Å²) in [5.74, 6) is -0.165. The molecule has 1 unspecified atom stereocenters. The maximum Gasteiger partial charge on any atom is 0.262 e. The lowest BCUT2D eigenvalue weighted by molar-refractivity contribution is 0.0605. The zero-order chi connectivity index (χ0) is 23.7. The van der Waals surface area contributed by atoms with Gasteiger partial charge in [0.15, 0.2) is 5.15 Å². The van der Waals surface area contributed by atoms with Crippen molar-refractivity contribution >= 4 is 23.4 Å². The lowest BCUT2D eigenvalue weighted by atomic mass is 10.00. The Hall–Kier alpha value is -4.03. The molecule has 1 aliphatic heterocycles. The molecule has 0 N–H and O–H groups in total. The lowest BCUT2D eigenvalue weighted by Gasteiger charge is -2.27. The average Bonchev–Trinajstić information content (AvgIpc) is 3.11. The van der Waals surface area contributed by atoms with Gasteiger partial charge in [-0.15, -0.1) is 0 Å². The van der Waals surface area contributed by atoms with Crippen LogP contribution in [0, 0.1) is 6.92 Å². The highest BCUT2D eigenvalue weighted by Crippen LogP contribution is 2.38. The van der Waals surface area contributed by atoms with Crippen LogP contribution in [0.5, 0.6) is 5.75 Å². The maximum absolute atomic E-state index is 13.4. The largest absolute Gasteiger partial charge is 0.489 e. The Morgan fingerprint density at radius 1 is 0.882 bits per heavy atom. The molecule has 1 aromatic heterocycles. The number of amides is 2. The third-order valence-corrected chi connectivity index (χ3v) is 6.08. The van der Waals surface area contributed by atoms with Gasteiger partial charge in [-0.1, -0.05) is 66.2 Å². The van der Waals surface area contributed by atoms with Crippen LogP contribution in [-0.2, 0) is 6.61 Å². The van der Waals surface area contributed by atoms with E-state index in [0.717, 1.165) is 11.1 Å². The first-order valence-electron chi connectivity index (χ1n) is 10.7. The average molecular weight is 470 g/mol. The van der Waals surface area contributed by atoms with Crippen molar-refractivity contribution in [3.8, 4) is 5.75 Å². The van der Waals surface area contributed by atoms with Crippen molar-refractivity contribution < 1.29 is 14.3 Å². The van der Waals surface area contributed by atoms with Crippen LogP contribution < -0.4 is 4.74 Å². The van der Waals surface area contributed by atoms with E-state index >= 15 is 0 Å². The molecular weight excluding hydrogens is 450 g/mol. The van der Waals surface area contributed by atoms with Crippen LogP contribution in [0.25, 0.3) is 0 Å². The summed E-state index contributed by atoms with van der Waals surface area (Å²) in [5, 5.41) is 0.122. The number of aryl methyl sites for hydroxylation is 1. The molecule has 168 valence electrons. The summed E-state index contributed by atoms with van der Waals surface area (Å²) in [4.78, 5) is 36.4. The van der Waals surface area contributed by atoms with Crippen LogP contribution in [0.1, 0.15) is 49.1 Å². The van der Waals surface area contributed by atoms with Crippen LogP contribution in [0.15, 0.2) is 85.2 Å². The molecule has 0 fully saturated rings. The fourth-order valence-electron chi connectivity index (χ4n) is 4.06. The number of ether oxygens (including phenoxy) is 1. The van der Waals surface area contributed by atoms with Gasteiger partial charge >= 0.3 is 0 Å². The molecule has 0 saturated heterocycles. The second-order valence-electron chi connectivity index (χ2n) is 7.96. The van der Waals surface area contributed by atoms with E-state index in [1.165, 1.54) is 17.3 Å². The molecule has 0 bridgehead atoms. The molecule has 0 saturated carbocycles. The van der Waals surface area contributed by atoms with Crippen LogP contribution in [-0.4, -0.2) is 26.7 Å². The van der Waals surface area contributed by atoms with Crippen molar-refractivity contribution in [2.75, 3.05) is 0 Å². The minimum absolute atomic E-state index is 0.122. The number of rotatable bonds is 6. The quantitative estimate of drug-likeness (QED) is 0.353. The van der Waals surface area contributed by atoms with Gasteiger partial charge < -0.3 is 4.74 Å². The number of imide groups is 1. The van der Waals surface area contributed by atoms with Gasteiger partial charge in [-0.3, -0.25) is 19.5 Å². The zero-order valence-electron chi connectivity index (χ0n) is 18.3. The molecule has 0 spiro atoms. The van der Waals surface area contributed by atoms with Crippen LogP contribution in [0.3, 0.4) is 0 Å². The third-order valence-electron chi connectivity index (χ3n) is 5.79. The Morgan fingerprint density at radius 3 is 2.21 bits per heavy atom. The molecule has 34 heavy (non-hydrogen) atoms. The van der Waals surface area contributed by atoms with E-state index in [4.69, 9.17) is 16.3 Å². The fraction of sp³-hybridized carbons (Fsp3) is 0.111. The number of fused-ring (bicyclic) bond motifs is 1. The number of hydrogen-bond acceptors (Lipinski definition) is 5. The summed E-state index contributed by atoms with van der Waals surface area (Å²) in [5.41, 5.74) is 3.62. The van der Waals surface area contributed by atoms with E-state index in [2.05, 4.69) is 9.97 Å². The molecule has 7 heteroatoms. The van der Waals surface area contributed by atoms with Crippen molar-refractivity contribution in [2.45, 2.75) is 19.6 Å².